The highest BCUT2D eigenvalue weighted by Gasteiger charge is 2.05. The summed E-state index contributed by atoms with van der Waals surface area (Å²) in [6, 6.07) is 15.6. The van der Waals surface area contributed by atoms with Gasteiger partial charge in [0.15, 0.2) is 0 Å². The van der Waals surface area contributed by atoms with Crippen molar-refractivity contribution in [3.8, 4) is 0 Å². The Balaban J connectivity index is 1.96. The molecule has 4 heteroatoms. The van der Waals surface area contributed by atoms with Gasteiger partial charge in [-0.1, -0.05) is 35.9 Å². The van der Waals surface area contributed by atoms with Crippen molar-refractivity contribution in [2.45, 2.75) is 6.54 Å². The Bertz CT molecular complexity index is 847. The number of halogens is 1. The largest absolute Gasteiger partial charge is 0.478 e. The van der Waals surface area contributed by atoms with E-state index in [0.29, 0.717) is 0 Å². The van der Waals surface area contributed by atoms with E-state index in [1.165, 1.54) is 0 Å². The number of nitrogens with zero attached hydrogens (tertiary/aromatic N) is 1. The zero-order valence-corrected chi connectivity index (χ0v) is 12.5. The van der Waals surface area contributed by atoms with Crippen LogP contribution in [0.5, 0.6) is 0 Å². The van der Waals surface area contributed by atoms with Gasteiger partial charge in [0.05, 0.1) is 0 Å². The Kier molecular flexibility index (Phi) is 3.98. The maximum absolute atomic E-state index is 10.7. The van der Waals surface area contributed by atoms with Gasteiger partial charge in [-0.05, 0) is 41.5 Å². The van der Waals surface area contributed by atoms with Gasteiger partial charge < -0.3 is 9.67 Å². The van der Waals surface area contributed by atoms with Crippen LogP contribution in [-0.4, -0.2) is 15.6 Å². The van der Waals surface area contributed by atoms with Crippen molar-refractivity contribution in [2.24, 2.45) is 0 Å². The molecule has 0 unspecified atom stereocenters. The monoisotopic (exact) mass is 311 g/mol. The quantitative estimate of drug-likeness (QED) is 0.724. The van der Waals surface area contributed by atoms with Crippen LogP contribution in [0.25, 0.3) is 17.0 Å². The molecule has 0 radical (unpaired) electrons. The third kappa shape index (κ3) is 3.05. The van der Waals surface area contributed by atoms with Crippen molar-refractivity contribution in [1.82, 2.24) is 4.57 Å². The van der Waals surface area contributed by atoms with Crippen LogP contribution in [0, 0.1) is 0 Å². The van der Waals surface area contributed by atoms with E-state index in [2.05, 4.69) is 4.57 Å². The average Bonchev–Trinajstić information content (AvgIpc) is 2.91. The fourth-order valence-electron chi connectivity index (χ4n) is 2.48. The van der Waals surface area contributed by atoms with Gasteiger partial charge in [-0.3, -0.25) is 0 Å². The summed E-state index contributed by atoms with van der Waals surface area (Å²) >= 11 is 5.91. The molecule has 0 aliphatic heterocycles. The van der Waals surface area contributed by atoms with E-state index in [4.69, 9.17) is 16.7 Å². The summed E-state index contributed by atoms with van der Waals surface area (Å²) < 4.78 is 2.14. The molecule has 1 heterocycles. The minimum atomic E-state index is -0.947. The Hall–Kier alpha value is -2.52. The molecule has 0 saturated carbocycles. The van der Waals surface area contributed by atoms with Gasteiger partial charge in [0, 0.05) is 34.7 Å². The van der Waals surface area contributed by atoms with Crippen LogP contribution >= 0.6 is 11.6 Å². The summed E-state index contributed by atoms with van der Waals surface area (Å²) in [6.07, 6.45) is 4.79. The summed E-state index contributed by atoms with van der Waals surface area (Å²) in [5, 5.41) is 10.5. The minimum absolute atomic E-state index is 0.724. The maximum atomic E-state index is 10.7. The van der Waals surface area contributed by atoms with Crippen LogP contribution in [0.4, 0.5) is 0 Å². The van der Waals surface area contributed by atoms with Crippen molar-refractivity contribution < 1.29 is 9.90 Å². The molecule has 0 fully saturated rings. The van der Waals surface area contributed by atoms with E-state index in [0.717, 1.165) is 39.7 Å². The molecular weight excluding hydrogens is 298 g/mol. The predicted octanol–water partition coefficient (Wildman–Crippen LogP) is 4.44. The number of carboxylic acids is 1. The zero-order valence-electron chi connectivity index (χ0n) is 11.7. The number of rotatable bonds is 4. The van der Waals surface area contributed by atoms with Gasteiger partial charge in [-0.15, -0.1) is 0 Å². The molecule has 0 saturated heterocycles. The summed E-state index contributed by atoms with van der Waals surface area (Å²) in [5.74, 6) is -0.947. The summed E-state index contributed by atoms with van der Waals surface area (Å²) in [7, 11) is 0. The molecule has 3 rings (SSSR count). The molecule has 1 aromatic heterocycles. The topological polar surface area (TPSA) is 42.2 Å². The zero-order chi connectivity index (χ0) is 15.5. The van der Waals surface area contributed by atoms with Crippen LogP contribution in [-0.2, 0) is 11.3 Å². The SMILES string of the molecule is O=C(O)/C=C/c1cccc2c1ccn2Cc1ccc(Cl)cc1. The summed E-state index contributed by atoms with van der Waals surface area (Å²) in [4.78, 5) is 10.7. The maximum Gasteiger partial charge on any atom is 0.328 e. The molecule has 22 heavy (non-hydrogen) atoms. The van der Waals surface area contributed by atoms with Gasteiger partial charge in [0.25, 0.3) is 0 Å². The lowest BCUT2D eigenvalue weighted by atomic mass is 10.1. The third-order valence-electron chi connectivity index (χ3n) is 3.52. The molecule has 110 valence electrons. The highest BCUT2D eigenvalue weighted by molar-refractivity contribution is 6.30. The van der Waals surface area contributed by atoms with Crippen molar-refractivity contribution in [2.75, 3.05) is 0 Å². The first-order valence-electron chi connectivity index (χ1n) is 6.87. The number of hydrogen-bond acceptors (Lipinski definition) is 1. The Morgan fingerprint density at radius 2 is 1.91 bits per heavy atom. The van der Waals surface area contributed by atoms with Gasteiger partial charge in [0.2, 0.25) is 0 Å². The second-order valence-electron chi connectivity index (χ2n) is 5.02. The lowest BCUT2D eigenvalue weighted by Gasteiger charge is -2.06. The number of hydrogen-bond donors (Lipinski definition) is 1. The van der Waals surface area contributed by atoms with Gasteiger partial charge in [-0.25, -0.2) is 4.79 Å². The molecule has 1 N–H and O–H groups in total. The van der Waals surface area contributed by atoms with Crippen molar-refractivity contribution in [3.63, 3.8) is 0 Å². The first-order chi connectivity index (χ1) is 10.6. The number of carbonyl (C=O) groups is 1. The average molecular weight is 312 g/mol. The molecule has 0 spiro atoms. The molecule has 3 aromatic rings. The van der Waals surface area contributed by atoms with Gasteiger partial charge in [0.1, 0.15) is 0 Å². The highest BCUT2D eigenvalue weighted by Crippen LogP contribution is 2.22. The van der Waals surface area contributed by atoms with Gasteiger partial charge in [-0.2, -0.15) is 0 Å². The van der Waals surface area contributed by atoms with Gasteiger partial charge >= 0.3 is 5.97 Å². The van der Waals surface area contributed by atoms with Crippen LogP contribution in [0.2, 0.25) is 5.02 Å². The molecule has 0 atom stereocenters. The minimum Gasteiger partial charge on any atom is -0.478 e. The smallest absolute Gasteiger partial charge is 0.328 e. The standard InChI is InChI=1S/C18H14ClNO2/c19-15-7-4-13(5-8-15)12-20-11-10-16-14(6-9-18(21)22)2-1-3-17(16)20/h1-11H,12H2,(H,21,22)/b9-6+. The molecule has 0 bridgehead atoms. The lowest BCUT2D eigenvalue weighted by Crippen LogP contribution is -1.97. The Morgan fingerprint density at radius 1 is 1.14 bits per heavy atom. The molecule has 3 nitrogen and oxygen atoms in total. The fraction of sp³-hybridized carbons (Fsp3) is 0.0556. The normalized spacial score (nSPS) is 11.3. The van der Waals surface area contributed by atoms with Crippen molar-refractivity contribution >= 4 is 34.5 Å². The molecule has 0 amide bonds. The number of aliphatic carboxylic acids is 1. The molecular formula is C18H14ClNO2. The van der Waals surface area contributed by atoms with Crippen molar-refractivity contribution in [3.05, 3.63) is 77.0 Å². The Labute approximate surface area is 133 Å². The van der Waals surface area contributed by atoms with Crippen LogP contribution in [0.15, 0.2) is 60.8 Å². The summed E-state index contributed by atoms with van der Waals surface area (Å²) in [6.45, 7) is 0.743. The number of benzene rings is 2. The second kappa shape index (κ2) is 6.08. The first kappa shape index (κ1) is 14.4. The van der Waals surface area contributed by atoms with E-state index in [9.17, 15) is 4.79 Å². The Morgan fingerprint density at radius 3 is 2.64 bits per heavy atom. The fourth-order valence-corrected chi connectivity index (χ4v) is 2.60. The van der Waals surface area contributed by atoms with E-state index in [1.807, 2.05) is 54.7 Å². The lowest BCUT2D eigenvalue weighted by molar-refractivity contribution is -0.131. The number of fused-ring (bicyclic) bond motifs is 1. The van der Waals surface area contributed by atoms with Crippen LogP contribution in [0.3, 0.4) is 0 Å². The van der Waals surface area contributed by atoms with E-state index in [1.54, 1.807) is 6.08 Å². The molecule has 0 aliphatic carbocycles. The third-order valence-corrected chi connectivity index (χ3v) is 3.77. The van der Waals surface area contributed by atoms with Crippen molar-refractivity contribution in [1.29, 1.82) is 0 Å². The number of aromatic nitrogens is 1. The predicted molar refractivity (Wildman–Crippen MR) is 89.2 cm³/mol. The number of carboxylic acid groups (broad SMARTS) is 1. The van der Waals surface area contributed by atoms with E-state index >= 15 is 0 Å². The first-order valence-corrected chi connectivity index (χ1v) is 7.24. The van der Waals surface area contributed by atoms with E-state index < -0.39 is 5.97 Å². The van der Waals surface area contributed by atoms with Crippen LogP contribution < -0.4 is 0 Å². The summed E-state index contributed by atoms with van der Waals surface area (Å²) in [5.41, 5.74) is 3.13. The van der Waals surface area contributed by atoms with E-state index in [-0.39, 0.29) is 0 Å². The van der Waals surface area contributed by atoms with Crippen LogP contribution in [0.1, 0.15) is 11.1 Å². The second-order valence-corrected chi connectivity index (χ2v) is 5.46. The molecule has 2 aromatic carbocycles. The molecule has 0 aliphatic rings. The highest BCUT2D eigenvalue weighted by atomic mass is 35.5.